The molecule has 3 fully saturated rings. The van der Waals surface area contributed by atoms with Gasteiger partial charge in [-0.05, 0) is 57.9 Å². The third-order valence-corrected chi connectivity index (χ3v) is 5.81. The van der Waals surface area contributed by atoms with E-state index in [2.05, 4.69) is 11.9 Å². The van der Waals surface area contributed by atoms with Crippen molar-refractivity contribution in [3.63, 3.8) is 0 Å². The van der Waals surface area contributed by atoms with Crippen molar-refractivity contribution < 1.29 is 4.79 Å². The number of carbonyl (C=O) groups is 1. The molecule has 0 bridgehead atoms. The van der Waals surface area contributed by atoms with Crippen molar-refractivity contribution >= 4 is 5.78 Å². The lowest BCUT2D eigenvalue weighted by Gasteiger charge is -2.34. The maximum atomic E-state index is 11.6. The Balaban J connectivity index is 1.78. The molecule has 1 saturated heterocycles. The Morgan fingerprint density at radius 3 is 2.47 bits per heavy atom. The fraction of sp³-hybridized carbons (Fsp3) is 0.933. The lowest BCUT2D eigenvalue weighted by atomic mass is 9.70. The van der Waals surface area contributed by atoms with Crippen LogP contribution in [0.3, 0.4) is 0 Å². The van der Waals surface area contributed by atoms with Gasteiger partial charge in [-0.2, -0.15) is 0 Å². The van der Waals surface area contributed by atoms with E-state index in [4.69, 9.17) is 0 Å². The van der Waals surface area contributed by atoms with Gasteiger partial charge < -0.3 is 0 Å². The first kappa shape index (κ1) is 11.7. The van der Waals surface area contributed by atoms with Crippen LogP contribution in [0.1, 0.15) is 51.9 Å². The topological polar surface area (TPSA) is 20.3 Å². The average molecular weight is 235 g/mol. The molecule has 0 N–H and O–H groups in total. The molecule has 2 heteroatoms. The van der Waals surface area contributed by atoms with Gasteiger partial charge in [0.05, 0.1) is 0 Å². The number of nitrogens with zero attached hydrogens (tertiary/aromatic N) is 1. The van der Waals surface area contributed by atoms with E-state index in [1.807, 2.05) is 0 Å². The minimum atomic E-state index is 0.380. The Labute approximate surface area is 105 Å². The second-order valence-electron chi connectivity index (χ2n) is 6.53. The van der Waals surface area contributed by atoms with Gasteiger partial charge >= 0.3 is 0 Å². The maximum absolute atomic E-state index is 11.6. The number of fused-ring (bicyclic) bond motifs is 3. The molecule has 0 aromatic carbocycles. The summed E-state index contributed by atoms with van der Waals surface area (Å²) >= 11 is 0. The van der Waals surface area contributed by atoms with Gasteiger partial charge in [-0.15, -0.1) is 0 Å². The van der Waals surface area contributed by atoms with Crippen LogP contribution in [0, 0.1) is 17.8 Å². The Hall–Kier alpha value is -0.370. The Bertz CT molecular complexity index is 314. The van der Waals surface area contributed by atoms with Crippen molar-refractivity contribution in [2.24, 2.45) is 17.8 Å². The van der Waals surface area contributed by atoms with Crippen LogP contribution in [-0.4, -0.2) is 29.8 Å². The van der Waals surface area contributed by atoms with Crippen LogP contribution >= 0.6 is 0 Å². The summed E-state index contributed by atoms with van der Waals surface area (Å²) in [6, 6.07) is 1.63. The summed E-state index contributed by atoms with van der Waals surface area (Å²) in [6.45, 7) is 1.79. The molecule has 0 aromatic rings. The zero-order valence-electron chi connectivity index (χ0n) is 11.2. The fourth-order valence-corrected chi connectivity index (χ4v) is 4.92. The van der Waals surface area contributed by atoms with Gasteiger partial charge in [-0.1, -0.05) is 12.8 Å². The number of hydrogen-bond acceptors (Lipinski definition) is 2. The van der Waals surface area contributed by atoms with Crippen molar-refractivity contribution in [1.82, 2.24) is 4.90 Å². The molecule has 0 aromatic heterocycles. The normalized spacial score (nSPS) is 46.4. The zero-order chi connectivity index (χ0) is 12.0. The number of rotatable bonds is 1. The largest absolute Gasteiger partial charge is 0.300 e. The third kappa shape index (κ3) is 1.85. The van der Waals surface area contributed by atoms with Crippen LogP contribution in [-0.2, 0) is 4.79 Å². The number of Topliss-reactive ketones (excluding diaryl/α,β-unsaturated/α-hetero) is 1. The van der Waals surface area contributed by atoms with E-state index in [0.717, 1.165) is 30.3 Å². The van der Waals surface area contributed by atoms with Gasteiger partial charge in [0.1, 0.15) is 5.78 Å². The summed E-state index contributed by atoms with van der Waals surface area (Å²) in [5.41, 5.74) is 0. The van der Waals surface area contributed by atoms with Crippen LogP contribution in [0.25, 0.3) is 0 Å². The fourth-order valence-electron chi connectivity index (χ4n) is 4.92. The SMILES string of the molecule is CC(=O)C1CCC2C(C1)C1CCCCC1N2C. The summed E-state index contributed by atoms with van der Waals surface area (Å²) in [6.07, 6.45) is 9.24. The van der Waals surface area contributed by atoms with Gasteiger partial charge in [0.25, 0.3) is 0 Å². The molecule has 2 saturated carbocycles. The van der Waals surface area contributed by atoms with Crippen molar-refractivity contribution in [2.45, 2.75) is 64.0 Å². The monoisotopic (exact) mass is 235 g/mol. The predicted molar refractivity (Wildman–Crippen MR) is 68.8 cm³/mol. The minimum Gasteiger partial charge on any atom is -0.300 e. The second-order valence-corrected chi connectivity index (χ2v) is 6.53. The Kier molecular flexibility index (Phi) is 3.02. The maximum Gasteiger partial charge on any atom is 0.132 e. The van der Waals surface area contributed by atoms with Gasteiger partial charge in [0, 0.05) is 18.0 Å². The predicted octanol–water partition coefficient (Wildman–Crippen LogP) is 2.86. The molecule has 5 unspecified atom stereocenters. The first-order chi connectivity index (χ1) is 8.18. The molecular weight excluding hydrogens is 210 g/mol. The van der Waals surface area contributed by atoms with Crippen LogP contribution in [0.5, 0.6) is 0 Å². The van der Waals surface area contributed by atoms with Crippen molar-refractivity contribution in [1.29, 1.82) is 0 Å². The molecule has 96 valence electrons. The minimum absolute atomic E-state index is 0.380. The van der Waals surface area contributed by atoms with Crippen molar-refractivity contribution in [3.05, 3.63) is 0 Å². The molecule has 0 spiro atoms. The quantitative estimate of drug-likeness (QED) is 0.696. The van der Waals surface area contributed by atoms with Crippen LogP contribution in [0.4, 0.5) is 0 Å². The highest BCUT2D eigenvalue weighted by Gasteiger charge is 2.49. The summed E-state index contributed by atoms with van der Waals surface area (Å²) in [5.74, 6) is 2.55. The van der Waals surface area contributed by atoms with Gasteiger partial charge in [0.15, 0.2) is 0 Å². The smallest absolute Gasteiger partial charge is 0.132 e. The molecule has 3 aliphatic rings. The summed E-state index contributed by atoms with van der Waals surface area (Å²) in [5, 5.41) is 0. The van der Waals surface area contributed by atoms with Crippen LogP contribution in [0.2, 0.25) is 0 Å². The second kappa shape index (κ2) is 4.38. The zero-order valence-corrected chi connectivity index (χ0v) is 11.2. The first-order valence-electron chi connectivity index (χ1n) is 7.41. The van der Waals surface area contributed by atoms with Gasteiger partial charge in [-0.25, -0.2) is 0 Å². The van der Waals surface area contributed by atoms with Gasteiger partial charge in [0.2, 0.25) is 0 Å². The standard InChI is InChI=1S/C15H25NO/c1-10(17)11-7-8-15-13(9-11)12-5-3-4-6-14(12)16(15)2/h11-15H,3-9H2,1-2H3. The lowest BCUT2D eigenvalue weighted by Crippen LogP contribution is -2.38. The molecule has 2 aliphatic carbocycles. The first-order valence-corrected chi connectivity index (χ1v) is 7.41. The van der Waals surface area contributed by atoms with E-state index in [1.165, 1.54) is 38.5 Å². The number of ketones is 1. The molecule has 1 aliphatic heterocycles. The molecule has 2 nitrogen and oxygen atoms in total. The summed E-state index contributed by atoms with van der Waals surface area (Å²) < 4.78 is 0. The summed E-state index contributed by atoms with van der Waals surface area (Å²) in [7, 11) is 2.34. The van der Waals surface area contributed by atoms with E-state index in [-0.39, 0.29) is 0 Å². The average Bonchev–Trinajstić information content (AvgIpc) is 2.64. The molecule has 1 heterocycles. The van der Waals surface area contributed by atoms with Crippen molar-refractivity contribution in [2.75, 3.05) is 7.05 Å². The van der Waals surface area contributed by atoms with Crippen LogP contribution in [0.15, 0.2) is 0 Å². The van der Waals surface area contributed by atoms with E-state index < -0.39 is 0 Å². The van der Waals surface area contributed by atoms with Gasteiger partial charge in [-0.3, -0.25) is 9.69 Å². The van der Waals surface area contributed by atoms with E-state index in [1.54, 1.807) is 6.92 Å². The molecule has 5 atom stereocenters. The van der Waals surface area contributed by atoms with E-state index >= 15 is 0 Å². The molecule has 0 amide bonds. The summed E-state index contributed by atoms with van der Waals surface area (Å²) in [4.78, 5) is 14.3. The molecule has 17 heavy (non-hydrogen) atoms. The Morgan fingerprint density at radius 2 is 1.71 bits per heavy atom. The highest BCUT2D eigenvalue weighted by molar-refractivity contribution is 5.78. The van der Waals surface area contributed by atoms with E-state index in [9.17, 15) is 4.79 Å². The molecule has 3 rings (SSSR count). The molecule has 0 radical (unpaired) electrons. The number of likely N-dealkylation sites (tertiary alicyclic amines) is 1. The highest BCUT2D eigenvalue weighted by atomic mass is 16.1. The number of hydrogen-bond donors (Lipinski definition) is 0. The third-order valence-electron chi connectivity index (χ3n) is 5.81. The van der Waals surface area contributed by atoms with Crippen molar-refractivity contribution in [3.8, 4) is 0 Å². The Morgan fingerprint density at radius 1 is 1.00 bits per heavy atom. The number of carbonyl (C=O) groups excluding carboxylic acids is 1. The molecular formula is C15H25NO. The van der Waals surface area contributed by atoms with Crippen LogP contribution < -0.4 is 0 Å². The van der Waals surface area contributed by atoms with E-state index in [0.29, 0.717) is 11.7 Å². The highest BCUT2D eigenvalue weighted by Crippen LogP contribution is 2.49. The lowest BCUT2D eigenvalue weighted by molar-refractivity contribution is -0.122.